The van der Waals surface area contributed by atoms with Gasteiger partial charge in [-0.1, -0.05) is 18.2 Å². The molecule has 0 unspecified atom stereocenters. The first-order valence-corrected chi connectivity index (χ1v) is 5.55. The summed E-state index contributed by atoms with van der Waals surface area (Å²) in [4.78, 5) is 0. The van der Waals surface area contributed by atoms with E-state index >= 15 is 0 Å². The highest BCUT2D eigenvalue weighted by atomic mass is 14.9. The van der Waals surface area contributed by atoms with Crippen LogP contribution in [-0.4, -0.2) is 12.6 Å². The molecule has 0 heterocycles. The van der Waals surface area contributed by atoms with E-state index in [2.05, 4.69) is 37.4 Å². The van der Waals surface area contributed by atoms with Crippen LogP contribution in [0.1, 0.15) is 29.5 Å². The quantitative estimate of drug-likeness (QED) is 0.767. The van der Waals surface area contributed by atoms with Crippen molar-refractivity contribution in [2.75, 3.05) is 6.54 Å². The second-order valence-electron chi connectivity index (χ2n) is 4.40. The molecular formula is C13H19N. The Morgan fingerprint density at radius 3 is 2.64 bits per heavy atom. The Kier molecular flexibility index (Phi) is 2.87. The summed E-state index contributed by atoms with van der Waals surface area (Å²) in [5, 5.41) is 3.54. The molecule has 1 aromatic rings. The molecule has 1 heteroatoms. The summed E-state index contributed by atoms with van der Waals surface area (Å²) in [7, 11) is 0. The summed E-state index contributed by atoms with van der Waals surface area (Å²) in [6, 6.07) is 7.62. The van der Waals surface area contributed by atoms with Crippen LogP contribution < -0.4 is 5.32 Å². The Bertz CT molecular complexity index is 313. The lowest BCUT2D eigenvalue weighted by Gasteiger charge is -2.05. The van der Waals surface area contributed by atoms with Crippen LogP contribution in [-0.2, 0) is 6.42 Å². The predicted molar refractivity (Wildman–Crippen MR) is 60.6 cm³/mol. The second-order valence-corrected chi connectivity index (χ2v) is 4.40. The second kappa shape index (κ2) is 4.14. The third-order valence-electron chi connectivity index (χ3n) is 3.00. The number of rotatable bonds is 4. The van der Waals surface area contributed by atoms with Crippen LogP contribution in [0.3, 0.4) is 0 Å². The van der Waals surface area contributed by atoms with Gasteiger partial charge in [-0.2, -0.15) is 0 Å². The van der Waals surface area contributed by atoms with E-state index in [0.717, 1.165) is 19.0 Å². The Hall–Kier alpha value is -0.820. The summed E-state index contributed by atoms with van der Waals surface area (Å²) in [6.07, 6.45) is 3.93. The first kappa shape index (κ1) is 9.72. The average Bonchev–Trinajstić information content (AvgIpc) is 2.95. The molecule has 1 aromatic carbocycles. The molecule has 76 valence electrons. The molecule has 1 saturated carbocycles. The standard InChI is InChI=1S/C13H19N/c1-10-3-4-12(9-11(10)2)7-8-14-13-5-6-13/h3-4,9,13-14H,5-8H2,1-2H3. The van der Waals surface area contributed by atoms with Crippen molar-refractivity contribution < 1.29 is 0 Å². The third kappa shape index (κ3) is 2.58. The number of nitrogens with one attached hydrogen (secondary N) is 1. The predicted octanol–water partition coefficient (Wildman–Crippen LogP) is 2.60. The van der Waals surface area contributed by atoms with Gasteiger partial charge < -0.3 is 5.32 Å². The van der Waals surface area contributed by atoms with Crippen molar-refractivity contribution in [1.29, 1.82) is 0 Å². The van der Waals surface area contributed by atoms with E-state index in [9.17, 15) is 0 Å². The zero-order valence-corrected chi connectivity index (χ0v) is 9.14. The van der Waals surface area contributed by atoms with Crippen LogP contribution >= 0.6 is 0 Å². The van der Waals surface area contributed by atoms with Gasteiger partial charge >= 0.3 is 0 Å². The van der Waals surface area contributed by atoms with Gasteiger partial charge in [-0.25, -0.2) is 0 Å². The van der Waals surface area contributed by atoms with E-state index in [4.69, 9.17) is 0 Å². The van der Waals surface area contributed by atoms with Gasteiger partial charge in [-0.15, -0.1) is 0 Å². The van der Waals surface area contributed by atoms with Crippen molar-refractivity contribution in [3.05, 3.63) is 34.9 Å². The van der Waals surface area contributed by atoms with Gasteiger partial charge in [0.05, 0.1) is 0 Å². The zero-order chi connectivity index (χ0) is 9.97. The minimum atomic E-state index is 0.835. The van der Waals surface area contributed by atoms with Gasteiger partial charge in [0.2, 0.25) is 0 Å². The summed E-state index contributed by atoms with van der Waals surface area (Å²) in [5.41, 5.74) is 4.26. The maximum atomic E-state index is 3.54. The van der Waals surface area contributed by atoms with Gasteiger partial charge in [-0.3, -0.25) is 0 Å². The van der Waals surface area contributed by atoms with Crippen LogP contribution in [0.2, 0.25) is 0 Å². The van der Waals surface area contributed by atoms with Crippen molar-refractivity contribution in [1.82, 2.24) is 5.32 Å². The van der Waals surface area contributed by atoms with Crippen LogP contribution in [0.4, 0.5) is 0 Å². The van der Waals surface area contributed by atoms with Crippen molar-refractivity contribution in [3.63, 3.8) is 0 Å². The highest BCUT2D eigenvalue weighted by Crippen LogP contribution is 2.18. The Labute approximate surface area is 86.5 Å². The molecular weight excluding hydrogens is 170 g/mol. The maximum absolute atomic E-state index is 3.54. The highest BCUT2D eigenvalue weighted by molar-refractivity contribution is 5.30. The van der Waals surface area contributed by atoms with Crippen molar-refractivity contribution >= 4 is 0 Å². The first-order chi connectivity index (χ1) is 6.75. The SMILES string of the molecule is Cc1ccc(CCNC2CC2)cc1C. The van der Waals surface area contributed by atoms with Crippen LogP contribution in [0.25, 0.3) is 0 Å². The van der Waals surface area contributed by atoms with Gasteiger partial charge in [0.25, 0.3) is 0 Å². The molecule has 1 aliphatic rings. The summed E-state index contributed by atoms with van der Waals surface area (Å²) < 4.78 is 0. The molecule has 0 aliphatic heterocycles. The van der Waals surface area contributed by atoms with Gasteiger partial charge in [0.1, 0.15) is 0 Å². The van der Waals surface area contributed by atoms with Crippen LogP contribution in [0.5, 0.6) is 0 Å². The molecule has 0 amide bonds. The van der Waals surface area contributed by atoms with E-state index in [1.54, 1.807) is 0 Å². The fourth-order valence-electron chi connectivity index (χ4n) is 1.67. The molecule has 0 aromatic heterocycles. The normalized spacial score (nSPS) is 15.9. The molecule has 1 aliphatic carbocycles. The van der Waals surface area contributed by atoms with E-state index in [1.165, 1.54) is 29.5 Å². The fourth-order valence-corrected chi connectivity index (χ4v) is 1.67. The number of hydrogen-bond donors (Lipinski definition) is 1. The molecule has 0 atom stereocenters. The first-order valence-electron chi connectivity index (χ1n) is 5.55. The third-order valence-corrected chi connectivity index (χ3v) is 3.00. The monoisotopic (exact) mass is 189 g/mol. The lowest BCUT2D eigenvalue weighted by molar-refractivity contribution is 0.682. The van der Waals surface area contributed by atoms with E-state index in [1.807, 2.05) is 0 Å². The molecule has 2 rings (SSSR count). The topological polar surface area (TPSA) is 12.0 Å². The smallest absolute Gasteiger partial charge is 0.00683 e. The summed E-state index contributed by atoms with van der Waals surface area (Å²) in [5.74, 6) is 0. The Morgan fingerprint density at radius 1 is 1.21 bits per heavy atom. The highest BCUT2D eigenvalue weighted by Gasteiger charge is 2.19. The molecule has 1 fully saturated rings. The molecule has 1 N–H and O–H groups in total. The molecule has 0 radical (unpaired) electrons. The molecule has 0 saturated heterocycles. The van der Waals surface area contributed by atoms with Crippen molar-refractivity contribution in [2.24, 2.45) is 0 Å². The zero-order valence-electron chi connectivity index (χ0n) is 9.14. The molecule has 0 spiro atoms. The van der Waals surface area contributed by atoms with Gasteiger partial charge in [0, 0.05) is 6.04 Å². The Morgan fingerprint density at radius 2 is 2.00 bits per heavy atom. The molecule has 0 bridgehead atoms. The number of benzene rings is 1. The van der Waals surface area contributed by atoms with Crippen LogP contribution in [0, 0.1) is 13.8 Å². The molecule has 14 heavy (non-hydrogen) atoms. The van der Waals surface area contributed by atoms with E-state index in [-0.39, 0.29) is 0 Å². The summed E-state index contributed by atoms with van der Waals surface area (Å²) >= 11 is 0. The minimum Gasteiger partial charge on any atom is -0.314 e. The lowest BCUT2D eigenvalue weighted by Crippen LogP contribution is -2.19. The number of hydrogen-bond acceptors (Lipinski definition) is 1. The minimum absolute atomic E-state index is 0.835. The number of aryl methyl sites for hydroxylation is 2. The van der Waals surface area contributed by atoms with Crippen molar-refractivity contribution in [2.45, 2.75) is 39.2 Å². The summed E-state index contributed by atoms with van der Waals surface area (Å²) in [6.45, 7) is 5.49. The maximum Gasteiger partial charge on any atom is 0.00683 e. The Balaban J connectivity index is 1.85. The van der Waals surface area contributed by atoms with Crippen LogP contribution in [0.15, 0.2) is 18.2 Å². The average molecular weight is 189 g/mol. The van der Waals surface area contributed by atoms with E-state index in [0.29, 0.717) is 0 Å². The van der Waals surface area contributed by atoms with Gasteiger partial charge in [-0.05, 0) is 56.3 Å². The largest absolute Gasteiger partial charge is 0.314 e. The lowest BCUT2D eigenvalue weighted by atomic mass is 10.0. The van der Waals surface area contributed by atoms with Gasteiger partial charge in [0.15, 0.2) is 0 Å². The van der Waals surface area contributed by atoms with E-state index < -0.39 is 0 Å². The van der Waals surface area contributed by atoms with Crippen molar-refractivity contribution in [3.8, 4) is 0 Å². The molecule has 1 nitrogen and oxygen atoms in total. The fraction of sp³-hybridized carbons (Fsp3) is 0.538.